The normalized spacial score (nSPS) is 22.9. The third kappa shape index (κ3) is 2.01. The fourth-order valence-corrected chi connectivity index (χ4v) is 3.86. The minimum absolute atomic E-state index is 0.715. The first-order valence-electron chi connectivity index (χ1n) is 7.85. The molecule has 20 heavy (non-hydrogen) atoms. The molecule has 0 bridgehead atoms. The van der Waals surface area contributed by atoms with Crippen LogP contribution in [0, 0.1) is 34.6 Å². The number of fused-ring (bicyclic) bond motifs is 1. The van der Waals surface area contributed by atoms with Crippen LogP contribution in [-0.2, 0) is 0 Å². The van der Waals surface area contributed by atoms with Gasteiger partial charge < -0.3 is 0 Å². The zero-order chi connectivity index (χ0) is 14.4. The number of hydrogen-bond acceptors (Lipinski definition) is 2. The van der Waals surface area contributed by atoms with Crippen molar-refractivity contribution in [2.24, 2.45) is 4.99 Å². The second kappa shape index (κ2) is 5.00. The van der Waals surface area contributed by atoms with Gasteiger partial charge in [-0.3, -0.25) is 9.89 Å². The molecule has 1 aromatic carbocycles. The Hall–Kier alpha value is -1.15. The largest absolute Gasteiger partial charge is 0.293 e. The lowest BCUT2D eigenvalue weighted by atomic mass is 9.87. The second-order valence-electron chi connectivity index (χ2n) is 6.55. The number of benzene rings is 1. The van der Waals surface area contributed by atoms with Crippen molar-refractivity contribution >= 4 is 5.71 Å². The van der Waals surface area contributed by atoms with Crippen LogP contribution in [0.3, 0.4) is 0 Å². The predicted molar refractivity (Wildman–Crippen MR) is 86.1 cm³/mol. The van der Waals surface area contributed by atoms with Gasteiger partial charge in [-0.1, -0.05) is 0 Å². The van der Waals surface area contributed by atoms with Gasteiger partial charge in [-0.15, -0.1) is 0 Å². The van der Waals surface area contributed by atoms with Crippen LogP contribution in [0.1, 0.15) is 46.2 Å². The Kier molecular flexibility index (Phi) is 3.45. The van der Waals surface area contributed by atoms with E-state index in [0.717, 1.165) is 13.1 Å². The van der Waals surface area contributed by atoms with Gasteiger partial charge in [0.25, 0.3) is 0 Å². The van der Waals surface area contributed by atoms with Crippen LogP contribution in [0.25, 0.3) is 0 Å². The second-order valence-corrected chi connectivity index (χ2v) is 6.55. The van der Waals surface area contributed by atoms with Crippen molar-refractivity contribution in [3.05, 3.63) is 33.4 Å². The fourth-order valence-electron chi connectivity index (χ4n) is 3.86. The summed E-state index contributed by atoms with van der Waals surface area (Å²) in [5.74, 6) is 0. The highest BCUT2D eigenvalue weighted by molar-refractivity contribution is 6.05. The van der Waals surface area contributed by atoms with E-state index in [-0.39, 0.29) is 0 Å². The molecule has 3 rings (SSSR count). The summed E-state index contributed by atoms with van der Waals surface area (Å²) >= 11 is 0. The third-order valence-corrected chi connectivity index (χ3v) is 5.63. The van der Waals surface area contributed by atoms with E-state index < -0.39 is 0 Å². The summed E-state index contributed by atoms with van der Waals surface area (Å²) in [5.41, 5.74) is 9.94. The quantitative estimate of drug-likeness (QED) is 0.762. The van der Waals surface area contributed by atoms with E-state index in [9.17, 15) is 0 Å². The van der Waals surface area contributed by atoms with Crippen molar-refractivity contribution in [1.82, 2.24) is 4.90 Å². The van der Waals surface area contributed by atoms with E-state index >= 15 is 0 Å². The maximum absolute atomic E-state index is 4.95. The van der Waals surface area contributed by atoms with Crippen LogP contribution in [0.15, 0.2) is 4.99 Å². The average molecular weight is 270 g/mol. The number of rotatable bonds is 1. The van der Waals surface area contributed by atoms with Crippen LogP contribution >= 0.6 is 0 Å². The predicted octanol–water partition coefficient (Wildman–Crippen LogP) is 3.50. The third-order valence-electron chi connectivity index (χ3n) is 5.63. The van der Waals surface area contributed by atoms with Crippen molar-refractivity contribution in [3.8, 4) is 0 Å². The zero-order valence-corrected chi connectivity index (χ0v) is 13.5. The van der Waals surface area contributed by atoms with Gasteiger partial charge >= 0.3 is 0 Å². The van der Waals surface area contributed by atoms with E-state index in [2.05, 4.69) is 39.5 Å². The molecule has 0 radical (unpaired) electrons. The van der Waals surface area contributed by atoms with Gasteiger partial charge in [0.05, 0.1) is 12.3 Å². The van der Waals surface area contributed by atoms with Gasteiger partial charge in [-0.2, -0.15) is 0 Å². The molecular weight excluding hydrogens is 244 g/mol. The van der Waals surface area contributed by atoms with Crippen LogP contribution in [0.2, 0.25) is 0 Å². The Morgan fingerprint density at radius 3 is 2.15 bits per heavy atom. The molecule has 0 aromatic heterocycles. The molecule has 2 aliphatic rings. The molecule has 1 aromatic rings. The Balaban J connectivity index is 2.07. The molecule has 2 aliphatic heterocycles. The van der Waals surface area contributed by atoms with Crippen molar-refractivity contribution in [3.63, 3.8) is 0 Å². The van der Waals surface area contributed by atoms with E-state index in [4.69, 9.17) is 4.99 Å². The lowest BCUT2D eigenvalue weighted by molar-refractivity contribution is 0.283. The Morgan fingerprint density at radius 2 is 1.50 bits per heavy atom. The number of hydrogen-bond donors (Lipinski definition) is 0. The highest BCUT2D eigenvalue weighted by atomic mass is 15.2. The van der Waals surface area contributed by atoms with Crippen molar-refractivity contribution < 1.29 is 0 Å². The zero-order valence-electron chi connectivity index (χ0n) is 13.5. The van der Waals surface area contributed by atoms with Crippen molar-refractivity contribution in [2.75, 3.05) is 19.6 Å². The number of aliphatic imine (C=N–C) groups is 1. The molecule has 0 spiro atoms. The van der Waals surface area contributed by atoms with Crippen LogP contribution in [-0.4, -0.2) is 36.3 Å². The molecule has 2 heterocycles. The van der Waals surface area contributed by atoms with Gasteiger partial charge in [0.15, 0.2) is 0 Å². The molecule has 0 amide bonds. The average Bonchev–Trinajstić information content (AvgIpc) is 2.91. The summed E-state index contributed by atoms with van der Waals surface area (Å²) < 4.78 is 0. The molecule has 1 fully saturated rings. The Bertz CT molecular complexity index is 555. The lowest BCUT2D eigenvalue weighted by Gasteiger charge is -2.30. The highest BCUT2D eigenvalue weighted by Crippen LogP contribution is 2.29. The molecule has 0 N–H and O–H groups in total. The molecular formula is C18H26N2. The maximum Gasteiger partial charge on any atom is 0.0567 e. The summed E-state index contributed by atoms with van der Waals surface area (Å²) in [7, 11) is 0. The molecule has 1 unspecified atom stereocenters. The van der Waals surface area contributed by atoms with E-state index in [1.165, 1.54) is 58.5 Å². The monoisotopic (exact) mass is 270 g/mol. The highest BCUT2D eigenvalue weighted by Gasteiger charge is 2.30. The Morgan fingerprint density at radius 1 is 0.900 bits per heavy atom. The molecule has 108 valence electrons. The molecule has 2 heteroatoms. The fraction of sp³-hybridized carbons (Fsp3) is 0.611. The standard InChI is InChI=1S/C18H26N2/c1-11-12(2)14(4)18(15(5)13(11)3)17-10-20-8-6-7-16(20)9-19-17/h16H,6-10H2,1-5H3. The van der Waals surface area contributed by atoms with Crippen molar-refractivity contribution in [2.45, 2.75) is 53.5 Å². The molecule has 1 atom stereocenters. The van der Waals surface area contributed by atoms with Crippen LogP contribution in [0.4, 0.5) is 0 Å². The molecule has 0 aliphatic carbocycles. The van der Waals surface area contributed by atoms with Gasteiger partial charge in [-0.05, 0) is 81.8 Å². The minimum Gasteiger partial charge on any atom is -0.293 e. The van der Waals surface area contributed by atoms with Crippen molar-refractivity contribution in [1.29, 1.82) is 0 Å². The van der Waals surface area contributed by atoms with Crippen LogP contribution in [0.5, 0.6) is 0 Å². The van der Waals surface area contributed by atoms with E-state index in [0.29, 0.717) is 6.04 Å². The first-order chi connectivity index (χ1) is 9.50. The first kappa shape index (κ1) is 13.8. The first-order valence-corrected chi connectivity index (χ1v) is 7.85. The minimum atomic E-state index is 0.715. The van der Waals surface area contributed by atoms with Crippen LogP contribution < -0.4 is 0 Å². The summed E-state index contributed by atoms with van der Waals surface area (Å²) in [4.78, 5) is 7.58. The van der Waals surface area contributed by atoms with Gasteiger partial charge in [0.1, 0.15) is 0 Å². The summed E-state index contributed by atoms with van der Waals surface area (Å²) in [6.45, 7) is 14.6. The maximum atomic E-state index is 4.95. The molecule has 1 saturated heterocycles. The lowest BCUT2D eigenvalue weighted by Crippen LogP contribution is -2.41. The SMILES string of the molecule is Cc1c(C)c(C)c(C2=NCC3CCCN3C2)c(C)c1C. The molecule has 2 nitrogen and oxygen atoms in total. The topological polar surface area (TPSA) is 15.6 Å². The molecule has 0 saturated carbocycles. The van der Waals surface area contributed by atoms with E-state index in [1.807, 2.05) is 0 Å². The smallest absolute Gasteiger partial charge is 0.0567 e. The van der Waals surface area contributed by atoms with E-state index in [1.54, 1.807) is 0 Å². The summed E-state index contributed by atoms with van der Waals surface area (Å²) in [5, 5.41) is 0. The summed E-state index contributed by atoms with van der Waals surface area (Å²) in [6.07, 6.45) is 2.68. The van der Waals surface area contributed by atoms with Gasteiger partial charge in [0.2, 0.25) is 0 Å². The summed E-state index contributed by atoms with van der Waals surface area (Å²) in [6, 6.07) is 0.715. The number of nitrogens with zero attached hydrogens (tertiary/aromatic N) is 2. The van der Waals surface area contributed by atoms with Gasteiger partial charge in [-0.25, -0.2) is 0 Å². The Labute approximate surface area is 122 Å². The van der Waals surface area contributed by atoms with Gasteiger partial charge in [0, 0.05) is 18.2 Å².